The number of aromatic nitrogens is 2. The highest BCUT2D eigenvalue weighted by Gasteiger charge is 2.21. The number of carboxylic acids is 1. The van der Waals surface area contributed by atoms with E-state index < -0.39 is 23.8 Å². The molecule has 0 fully saturated rings. The first kappa shape index (κ1) is 29.1. The number of carbonyl (C=O) groups excluding carboxylic acids is 2. The van der Waals surface area contributed by atoms with Crippen LogP contribution in [0.25, 0.3) is 0 Å². The van der Waals surface area contributed by atoms with E-state index in [-0.39, 0.29) is 30.2 Å². The largest absolute Gasteiger partial charge is 0.480 e. The Morgan fingerprint density at radius 2 is 1.76 bits per heavy atom. The van der Waals surface area contributed by atoms with Crippen LogP contribution in [-0.2, 0) is 16.1 Å². The number of benzene rings is 1. The van der Waals surface area contributed by atoms with Gasteiger partial charge in [0.15, 0.2) is 5.82 Å². The molecule has 2 amide bonds. The van der Waals surface area contributed by atoms with Crippen LogP contribution >= 0.6 is 0 Å². The van der Waals surface area contributed by atoms with Crippen molar-refractivity contribution in [1.29, 1.82) is 5.41 Å². The van der Waals surface area contributed by atoms with E-state index >= 15 is 0 Å². The number of anilines is 1. The van der Waals surface area contributed by atoms with E-state index in [2.05, 4.69) is 25.6 Å². The second-order valence-electron chi connectivity index (χ2n) is 9.31. The summed E-state index contributed by atoms with van der Waals surface area (Å²) in [5, 5.41) is 23.3. The number of hydrogen-bond donors (Lipinski definition) is 5. The third kappa shape index (κ3) is 8.78. The molecule has 6 N–H and O–H groups in total. The smallest absolute Gasteiger partial charge is 0.326 e. The lowest BCUT2D eigenvalue weighted by Gasteiger charge is -2.14. The van der Waals surface area contributed by atoms with Crippen molar-refractivity contribution in [2.75, 3.05) is 5.32 Å². The van der Waals surface area contributed by atoms with Crippen molar-refractivity contribution in [3.8, 4) is 0 Å². The second-order valence-corrected chi connectivity index (χ2v) is 9.31. The monoisotopic (exact) mass is 509 g/mol. The molecule has 198 valence electrons. The molecule has 11 nitrogen and oxygen atoms in total. The third-order valence-electron chi connectivity index (χ3n) is 5.66. The maximum Gasteiger partial charge on any atom is 0.326 e. The topological polar surface area (TPSA) is 184 Å². The molecule has 0 saturated heterocycles. The average molecular weight is 510 g/mol. The quantitative estimate of drug-likeness (QED) is 0.256. The number of carboxylic acid groups (broad SMARTS) is 1. The number of primary amides is 1. The summed E-state index contributed by atoms with van der Waals surface area (Å²) < 4.78 is 0. The number of nitrogens with one attached hydrogen (secondary N) is 3. The van der Waals surface area contributed by atoms with Crippen molar-refractivity contribution in [1.82, 2.24) is 15.3 Å². The van der Waals surface area contributed by atoms with Gasteiger partial charge in [0.1, 0.15) is 11.7 Å². The Morgan fingerprint density at radius 3 is 2.30 bits per heavy atom. The summed E-state index contributed by atoms with van der Waals surface area (Å²) in [6, 6.07) is 5.27. The molecular weight excluding hydrogens is 474 g/mol. The van der Waals surface area contributed by atoms with Crippen molar-refractivity contribution in [2.24, 2.45) is 22.6 Å². The van der Waals surface area contributed by atoms with E-state index in [1.807, 2.05) is 34.6 Å². The van der Waals surface area contributed by atoms with Gasteiger partial charge in [-0.1, -0.05) is 27.7 Å². The number of nitrogens with two attached hydrogens (primary N) is 1. The van der Waals surface area contributed by atoms with Gasteiger partial charge in [-0.25, -0.2) is 19.8 Å². The minimum atomic E-state index is -1.24. The summed E-state index contributed by atoms with van der Waals surface area (Å²) in [5.74, 6) is -1.81. The van der Waals surface area contributed by atoms with Crippen LogP contribution in [0.2, 0.25) is 0 Å². The summed E-state index contributed by atoms with van der Waals surface area (Å²) in [6.45, 7) is 10.2. The summed E-state index contributed by atoms with van der Waals surface area (Å²) in [6.07, 6.45) is 1.39. The van der Waals surface area contributed by atoms with Crippen LogP contribution in [0.4, 0.5) is 11.5 Å². The van der Waals surface area contributed by atoms with Crippen molar-refractivity contribution in [3.05, 3.63) is 47.4 Å². The maximum absolute atomic E-state index is 12.4. The molecule has 1 heterocycles. The summed E-state index contributed by atoms with van der Waals surface area (Å²) >= 11 is 0. The Bertz CT molecular complexity index is 1170. The molecule has 0 saturated carbocycles. The first-order valence-electron chi connectivity index (χ1n) is 12.0. The van der Waals surface area contributed by atoms with E-state index in [0.717, 1.165) is 5.71 Å². The normalized spacial score (nSPS) is 12.4. The lowest BCUT2D eigenvalue weighted by atomic mass is 10.0. The van der Waals surface area contributed by atoms with Crippen LogP contribution < -0.4 is 16.4 Å². The Labute approximate surface area is 216 Å². The first-order chi connectivity index (χ1) is 17.4. The van der Waals surface area contributed by atoms with Gasteiger partial charge in [-0.05, 0) is 49.4 Å². The fourth-order valence-corrected chi connectivity index (χ4v) is 3.05. The minimum Gasteiger partial charge on any atom is -0.480 e. The highest BCUT2D eigenvalue weighted by atomic mass is 16.4. The Morgan fingerprint density at radius 1 is 1.11 bits per heavy atom. The SMILES string of the molecule is CC(=Nc1ncc(CNc2ccc(C(=O)N[C@@H](CCC(N)=O)C(=O)O)cc2)nc1C(=N)C(C)C)C(C)C. The number of aliphatic imine (C=N–C) groups is 1. The number of amides is 2. The van der Waals surface area contributed by atoms with Gasteiger partial charge < -0.3 is 26.9 Å². The molecule has 2 rings (SSSR count). The van der Waals surface area contributed by atoms with E-state index in [0.29, 0.717) is 35.1 Å². The van der Waals surface area contributed by atoms with Gasteiger partial charge in [0.05, 0.1) is 24.1 Å². The molecule has 11 heteroatoms. The molecule has 1 aromatic heterocycles. The van der Waals surface area contributed by atoms with Crippen LogP contribution in [0.15, 0.2) is 35.5 Å². The third-order valence-corrected chi connectivity index (χ3v) is 5.66. The van der Waals surface area contributed by atoms with Crippen LogP contribution in [-0.4, -0.2) is 50.3 Å². The van der Waals surface area contributed by atoms with Gasteiger partial charge in [0, 0.05) is 23.4 Å². The molecular formula is C26H35N7O4. The first-order valence-corrected chi connectivity index (χ1v) is 12.0. The molecule has 1 atom stereocenters. The highest BCUT2D eigenvalue weighted by molar-refractivity contribution is 6.02. The van der Waals surface area contributed by atoms with Crippen molar-refractivity contribution >= 4 is 40.7 Å². The fourth-order valence-electron chi connectivity index (χ4n) is 3.05. The second kappa shape index (κ2) is 13.2. The maximum atomic E-state index is 12.4. The van der Waals surface area contributed by atoms with Gasteiger partial charge in [0.2, 0.25) is 5.91 Å². The highest BCUT2D eigenvalue weighted by Crippen LogP contribution is 2.20. The number of hydrogen-bond acceptors (Lipinski definition) is 8. The predicted octanol–water partition coefficient (Wildman–Crippen LogP) is 3.31. The zero-order valence-electron chi connectivity index (χ0n) is 21.8. The van der Waals surface area contributed by atoms with Gasteiger partial charge in [-0.15, -0.1) is 0 Å². The van der Waals surface area contributed by atoms with E-state index in [9.17, 15) is 19.5 Å². The molecule has 1 aromatic carbocycles. The molecule has 2 aromatic rings. The Kier molecular flexibility index (Phi) is 10.4. The number of rotatable bonds is 13. The van der Waals surface area contributed by atoms with Crippen LogP contribution in [0.3, 0.4) is 0 Å². The lowest BCUT2D eigenvalue weighted by molar-refractivity contribution is -0.139. The van der Waals surface area contributed by atoms with Crippen LogP contribution in [0.5, 0.6) is 0 Å². The van der Waals surface area contributed by atoms with Crippen molar-refractivity contribution in [2.45, 2.75) is 60.0 Å². The van der Waals surface area contributed by atoms with Gasteiger partial charge in [-0.2, -0.15) is 0 Å². The zero-order valence-corrected chi connectivity index (χ0v) is 21.8. The van der Waals surface area contributed by atoms with Crippen LogP contribution in [0.1, 0.15) is 69.2 Å². The molecule has 0 unspecified atom stereocenters. The van der Waals surface area contributed by atoms with E-state index in [1.54, 1.807) is 30.5 Å². The number of aliphatic carboxylic acids is 1. The minimum absolute atomic E-state index is 0.0407. The zero-order chi connectivity index (χ0) is 27.7. The molecule has 37 heavy (non-hydrogen) atoms. The van der Waals surface area contributed by atoms with Crippen molar-refractivity contribution in [3.63, 3.8) is 0 Å². The summed E-state index contributed by atoms with van der Waals surface area (Å²) in [4.78, 5) is 48.4. The summed E-state index contributed by atoms with van der Waals surface area (Å²) in [7, 11) is 0. The molecule has 0 aliphatic carbocycles. The van der Waals surface area contributed by atoms with Gasteiger partial charge in [0.25, 0.3) is 5.91 Å². The molecule has 0 aliphatic rings. The number of nitrogens with zero attached hydrogens (tertiary/aromatic N) is 3. The fraction of sp³-hybridized carbons (Fsp3) is 0.423. The average Bonchev–Trinajstić information content (AvgIpc) is 2.85. The molecule has 0 radical (unpaired) electrons. The number of carbonyl (C=O) groups is 3. The van der Waals surface area contributed by atoms with Crippen LogP contribution in [0, 0.1) is 17.2 Å². The Hall–Kier alpha value is -4.15. The molecule has 0 bridgehead atoms. The van der Waals surface area contributed by atoms with E-state index in [1.165, 1.54) is 0 Å². The summed E-state index contributed by atoms with van der Waals surface area (Å²) in [5.41, 5.74) is 8.39. The Balaban J connectivity index is 2.11. The van der Waals surface area contributed by atoms with Gasteiger partial charge >= 0.3 is 5.97 Å². The lowest BCUT2D eigenvalue weighted by Crippen LogP contribution is -2.41. The molecule has 0 aliphatic heterocycles. The standard InChI is InChI=1S/C26H35N7O4/c1-14(2)16(5)31-24-23(22(28)15(3)4)32-19(13-30-24)12-29-18-8-6-17(7-9-18)25(35)33-20(26(36)37)10-11-21(27)34/h6-9,13-15,20,28-29H,10-12H2,1-5H3,(H2,27,34)(H,33,35)(H,36,37)/t20-/m0/s1. The van der Waals surface area contributed by atoms with Crippen molar-refractivity contribution < 1.29 is 19.5 Å². The predicted molar refractivity (Wildman–Crippen MR) is 142 cm³/mol. The van der Waals surface area contributed by atoms with Gasteiger partial charge in [-0.3, -0.25) is 9.59 Å². The van der Waals surface area contributed by atoms with E-state index in [4.69, 9.17) is 11.1 Å². The molecule has 0 spiro atoms.